The summed E-state index contributed by atoms with van der Waals surface area (Å²) in [5.41, 5.74) is 1.95. The average Bonchev–Trinajstić information content (AvgIpc) is 2.66. The zero-order valence-corrected chi connectivity index (χ0v) is 10.1. The number of nitrogens with zero attached hydrogens (tertiary/aromatic N) is 3. The highest BCUT2D eigenvalue weighted by atomic mass is 16.5. The first-order chi connectivity index (χ1) is 8.30. The minimum Gasteiger partial charge on any atom is -0.494 e. The van der Waals surface area contributed by atoms with Crippen molar-refractivity contribution in [2.45, 2.75) is 26.8 Å². The average molecular weight is 229 g/mol. The minimum absolute atomic E-state index is 0.340. The van der Waals surface area contributed by atoms with Crippen molar-refractivity contribution in [2.75, 3.05) is 6.61 Å². The zero-order chi connectivity index (χ0) is 12.3. The van der Waals surface area contributed by atoms with Gasteiger partial charge in [0.05, 0.1) is 30.1 Å². The second kappa shape index (κ2) is 4.88. The number of nitriles is 1. The predicted octanol–water partition coefficient (Wildman–Crippen LogP) is 2.52. The molecule has 0 aliphatic carbocycles. The third-order valence-electron chi connectivity index (χ3n) is 2.66. The Labute approximate surface area is 100 Å². The van der Waals surface area contributed by atoms with E-state index in [2.05, 4.69) is 22.5 Å². The number of hydrogen-bond acceptors (Lipinski definition) is 3. The molecular formula is C13H15N3O. The molecule has 17 heavy (non-hydrogen) atoms. The van der Waals surface area contributed by atoms with Crippen LogP contribution in [0.4, 0.5) is 0 Å². The highest BCUT2D eigenvalue weighted by molar-refractivity contribution is 5.77. The third kappa shape index (κ3) is 2.09. The molecule has 4 heteroatoms. The summed E-state index contributed by atoms with van der Waals surface area (Å²) >= 11 is 0. The lowest BCUT2D eigenvalue weighted by Gasteiger charge is -2.04. The van der Waals surface area contributed by atoms with E-state index in [9.17, 15) is 0 Å². The fourth-order valence-electron chi connectivity index (χ4n) is 1.97. The Morgan fingerprint density at radius 2 is 2.24 bits per heavy atom. The Balaban J connectivity index is 2.53. The Kier molecular flexibility index (Phi) is 3.29. The van der Waals surface area contributed by atoms with Gasteiger partial charge in [-0.1, -0.05) is 0 Å². The summed E-state index contributed by atoms with van der Waals surface area (Å²) in [4.78, 5) is 4.48. The van der Waals surface area contributed by atoms with Gasteiger partial charge in [-0.3, -0.25) is 0 Å². The van der Waals surface area contributed by atoms with Crippen LogP contribution < -0.4 is 4.74 Å². The van der Waals surface area contributed by atoms with E-state index in [0.717, 1.165) is 29.2 Å². The Morgan fingerprint density at radius 1 is 1.41 bits per heavy atom. The second-order valence-electron chi connectivity index (χ2n) is 3.69. The summed E-state index contributed by atoms with van der Waals surface area (Å²) in [5, 5.41) is 8.78. The topological polar surface area (TPSA) is 50.8 Å². The van der Waals surface area contributed by atoms with Gasteiger partial charge in [0.2, 0.25) is 0 Å². The standard InChI is InChI=1S/C13H15N3O/c1-3-16-12-6-5-10(17-4-2)9-11(12)15-13(16)7-8-14/h5-6,9H,3-4,7H2,1-2H3. The van der Waals surface area contributed by atoms with E-state index in [0.29, 0.717) is 13.0 Å². The van der Waals surface area contributed by atoms with Crippen molar-refractivity contribution >= 4 is 11.0 Å². The molecule has 4 nitrogen and oxygen atoms in total. The van der Waals surface area contributed by atoms with Gasteiger partial charge in [-0.25, -0.2) is 4.98 Å². The molecule has 0 fully saturated rings. The van der Waals surface area contributed by atoms with Crippen molar-refractivity contribution in [3.8, 4) is 11.8 Å². The second-order valence-corrected chi connectivity index (χ2v) is 3.69. The molecule has 1 aromatic heterocycles. The van der Waals surface area contributed by atoms with Crippen molar-refractivity contribution in [2.24, 2.45) is 0 Å². The van der Waals surface area contributed by atoms with Gasteiger partial charge >= 0.3 is 0 Å². The van der Waals surface area contributed by atoms with Crippen LogP contribution in [0.5, 0.6) is 5.75 Å². The van der Waals surface area contributed by atoms with E-state index in [1.807, 2.05) is 25.1 Å². The highest BCUT2D eigenvalue weighted by Gasteiger charge is 2.09. The fourth-order valence-corrected chi connectivity index (χ4v) is 1.97. The van der Waals surface area contributed by atoms with E-state index < -0.39 is 0 Å². The maximum Gasteiger partial charge on any atom is 0.124 e. The van der Waals surface area contributed by atoms with Crippen LogP contribution >= 0.6 is 0 Å². The van der Waals surface area contributed by atoms with Gasteiger partial charge in [-0.15, -0.1) is 0 Å². The summed E-state index contributed by atoms with van der Waals surface area (Å²) in [5.74, 6) is 1.64. The summed E-state index contributed by atoms with van der Waals surface area (Å²) in [7, 11) is 0. The van der Waals surface area contributed by atoms with E-state index in [1.165, 1.54) is 0 Å². The molecule has 0 aliphatic heterocycles. The molecule has 0 aliphatic rings. The summed E-state index contributed by atoms with van der Waals surface area (Å²) in [6.45, 7) is 5.47. The predicted molar refractivity (Wildman–Crippen MR) is 65.9 cm³/mol. The molecule has 0 unspecified atom stereocenters. The molecule has 0 radical (unpaired) electrons. The molecular weight excluding hydrogens is 214 g/mol. The highest BCUT2D eigenvalue weighted by Crippen LogP contribution is 2.22. The molecule has 88 valence electrons. The summed E-state index contributed by atoms with van der Waals surface area (Å²) < 4.78 is 7.51. The first kappa shape index (κ1) is 11.5. The molecule has 2 aromatic rings. The van der Waals surface area contributed by atoms with Gasteiger partial charge in [-0.05, 0) is 26.0 Å². The molecule has 0 bridgehead atoms. The number of benzene rings is 1. The Hall–Kier alpha value is -2.02. The fraction of sp³-hybridized carbons (Fsp3) is 0.385. The van der Waals surface area contributed by atoms with Crippen molar-refractivity contribution in [3.05, 3.63) is 24.0 Å². The maximum absolute atomic E-state index is 8.78. The molecule has 0 spiro atoms. The van der Waals surface area contributed by atoms with Crippen LogP contribution in [0.25, 0.3) is 11.0 Å². The van der Waals surface area contributed by atoms with Crippen LogP contribution in [0.2, 0.25) is 0 Å². The molecule has 1 heterocycles. The van der Waals surface area contributed by atoms with Crippen LogP contribution in [0.1, 0.15) is 19.7 Å². The first-order valence-corrected chi connectivity index (χ1v) is 5.79. The summed E-state index contributed by atoms with van der Waals surface area (Å²) in [6.07, 6.45) is 0.340. The minimum atomic E-state index is 0.340. The number of aryl methyl sites for hydroxylation is 1. The van der Waals surface area contributed by atoms with Crippen molar-refractivity contribution in [1.29, 1.82) is 5.26 Å². The SMILES string of the molecule is CCOc1ccc2c(c1)nc(CC#N)n2CC. The maximum atomic E-state index is 8.78. The lowest BCUT2D eigenvalue weighted by molar-refractivity contribution is 0.340. The van der Waals surface area contributed by atoms with Crippen molar-refractivity contribution < 1.29 is 4.74 Å². The number of hydrogen-bond donors (Lipinski definition) is 0. The molecule has 1 aromatic carbocycles. The van der Waals surface area contributed by atoms with E-state index in [4.69, 9.17) is 10.00 Å². The number of ether oxygens (including phenoxy) is 1. The molecule has 0 saturated heterocycles. The van der Waals surface area contributed by atoms with Crippen LogP contribution in [0, 0.1) is 11.3 Å². The van der Waals surface area contributed by atoms with Crippen molar-refractivity contribution in [1.82, 2.24) is 9.55 Å². The first-order valence-electron chi connectivity index (χ1n) is 5.79. The Morgan fingerprint density at radius 3 is 2.88 bits per heavy atom. The van der Waals surface area contributed by atoms with Crippen LogP contribution in [0.15, 0.2) is 18.2 Å². The molecule has 2 rings (SSSR count). The van der Waals surface area contributed by atoms with Gasteiger partial charge in [0, 0.05) is 12.6 Å². The number of rotatable bonds is 4. The van der Waals surface area contributed by atoms with Gasteiger partial charge < -0.3 is 9.30 Å². The number of imidazole rings is 1. The Bertz CT molecular complexity index is 566. The van der Waals surface area contributed by atoms with Gasteiger partial charge in [0.25, 0.3) is 0 Å². The normalized spacial score (nSPS) is 10.4. The molecule has 0 saturated carbocycles. The van der Waals surface area contributed by atoms with Crippen LogP contribution in [-0.2, 0) is 13.0 Å². The van der Waals surface area contributed by atoms with Gasteiger partial charge in [-0.2, -0.15) is 5.26 Å². The smallest absolute Gasteiger partial charge is 0.124 e. The number of fused-ring (bicyclic) bond motifs is 1. The molecule has 0 N–H and O–H groups in total. The lowest BCUT2D eigenvalue weighted by Crippen LogP contribution is -2.00. The third-order valence-corrected chi connectivity index (χ3v) is 2.66. The van der Waals surface area contributed by atoms with Gasteiger partial charge in [0.15, 0.2) is 0 Å². The van der Waals surface area contributed by atoms with E-state index in [1.54, 1.807) is 0 Å². The largest absolute Gasteiger partial charge is 0.494 e. The molecule has 0 amide bonds. The quantitative estimate of drug-likeness (QED) is 0.809. The van der Waals surface area contributed by atoms with Crippen LogP contribution in [0.3, 0.4) is 0 Å². The number of aromatic nitrogens is 2. The van der Waals surface area contributed by atoms with E-state index in [-0.39, 0.29) is 0 Å². The van der Waals surface area contributed by atoms with Crippen molar-refractivity contribution in [3.63, 3.8) is 0 Å². The van der Waals surface area contributed by atoms with E-state index >= 15 is 0 Å². The zero-order valence-electron chi connectivity index (χ0n) is 10.1. The molecule has 0 atom stereocenters. The summed E-state index contributed by atoms with van der Waals surface area (Å²) in [6, 6.07) is 8.01. The van der Waals surface area contributed by atoms with Crippen LogP contribution in [-0.4, -0.2) is 16.2 Å². The van der Waals surface area contributed by atoms with Gasteiger partial charge in [0.1, 0.15) is 11.6 Å². The lowest BCUT2D eigenvalue weighted by atomic mass is 10.3. The monoisotopic (exact) mass is 229 g/mol.